The Kier molecular flexibility index (Phi) is 5.68. The summed E-state index contributed by atoms with van der Waals surface area (Å²) in [5.74, 6) is 1.14. The average molecular weight is 660 g/mol. The monoisotopic (exact) mass is 659 g/mol. The van der Waals surface area contributed by atoms with Crippen LogP contribution in [0.4, 0.5) is 5.69 Å². The first-order valence-corrected chi connectivity index (χ1v) is 16.7. The lowest BCUT2D eigenvalue weighted by Crippen LogP contribution is -2.34. The van der Waals surface area contributed by atoms with Gasteiger partial charge >= 0.3 is 11.9 Å². The fraction of sp³-hybridized carbons (Fsp3) is 0.143. The standard InChI is InChI=1S/C42H29NO7/c1-3-43(4-2)23-13-17-31-35(21-23)47-37-25-15-20-34-38(26(25)16-19-33(37)41(31)29-11-7-5-9-27(29)39(45)49-41)48-36-22-24(44)14-18-32(36)42(34)30-12-8-6-10-28(30)40(46)50-42/h5-22,44H,3-4H2,1-2H3/t41-,42-/m0/s1. The number of nitrogens with zero attached hydrogens (tertiary/aromatic N) is 1. The maximum absolute atomic E-state index is 13.5. The highest BCUT2D eigenvalue weighted by molar-refractivity contribution is 6.02. The van der Waals surface area contributed by atoms with E-state index in [0.29, 0.717) is 61.8 Å². The Morgan fingerprint density at radius 3 is 1.58 bits per heavy atom. The van der Waals surface area contributed by atoms with Crippen LogP contribution in [-0.4, -0.2) is 30.1 Å². The number of carbonyl (C=O) groups excluding carboxylic acids is 2. The van der Waals surface area contributed by atoms with E-state index in [9.17, 15) is 14.7 Å². The van der Waals surface area contributed by atoms with E-state index in [1.807, 2.05) is 72.8 Å². The Hall–Kier alpha value is -6.28. The van der Waals surface area contributed by atoms with E-state index in [4.69, 9.17) is 18.9 Å². The molecule has 2 spiro atoms. The van der Waals surface area contributed by atoms with E-state index in [0.717, 1.165) is 35.3 Å². The summed E-state index contributed by atoms with van der Waals surface area (Å²) >= 11 is 0. The van der Waals surface area contributed by atoms with Gasteiger partial charge in [0.25, 0.3) is 0 Å². The Labute approximate surface area is 287 Å². The van der Waals surface area contributed by atoms with Crippen LogP contribution in [0.2, 0.25) is 0 Å². The normalized spacial score (nSPS) is 20.1. The molecule has 0 aliphatic carbocycles. The quantitative estimate of drug-likeness (QED) is 0.189. The van der Waals surface area contributed by atoms with Crippen LogP contribution >= 0.6 is 0 Å². The van der Waals surface area contributed by atoms with Gasteiger partial charge in [-0.2, -0.15) is 0 Å². The molecule has 8 heteroatoms. The number of benzene rings is 6. The topological polar surface area (TPSA) is 94.5 Å². The molecular weight excluding hydrogens is 630 g/mol. The van der Waals surface area contributed by atoms with Crippen LogP contribution in [0, 0.1) is 0 Å². The molecule has 0 amide bonds. The van der Waals surface area contributed by atoms with Crippen LogP contribution in [0.25, 0.3) is 10.8 Å². The number of carbonyl (C=O) groups is 2. The average Bonchev–Trinajstić information content (AvgIpc) is 3.60. The minimum atomic E-state index is -1.30. The maximum atomic E-state index is 13.5. The number of hydrogen-bond donors (Lipinski definition) is 1. The first kappa shape index (κ1) is 28.7. The second kappa shape index (κ2) is 9.89. The van der Waals surface area contributed by atoms with Crippen molar-refractivity contribution >= 4 is 28.4 Å². The molecule has 4 heterocycles. The Balaban J connectivity index is 1.26. The number of aromatic hydroxyl groups is 1. The minimum absolute atomic E-state index is 0.0187. The molecule has 244 valence electrons. The molecule has 6 aromatic rings. The van der Waals surface area contributed by atoms with Crippen molar-refractivity contribution in [3.05, 3.63) is 154 Å². The van der Waals surface area contributed by atoms with Crippen molar-refractivity contribution in [2.75, 3.05) is 18.0 Å². The van der Waals surface area contributed by atoms with Gasteiger partial charge in [-0.05, 0) is 74.5 Å². The van der Waals surface area contributed by atoms with Crippen LogP contribution in [0.1, 0.15) is 67.9 Å². The highest BCUT2D eigenvalue weighted by atomic mass is 16.6. The zero-order chi connectivity index (χ0) is 33.9. The predicted molar refractivity (Wildman–Crippen MR) is 186 cm³/mol. The lowest BCUT2D eigenvalue weighted by Gasteiger charge is -2.39. The molecule has 0 unspecified atom stereocenters. The summed E-state index contributed by atoms with van der Waals surface area (Å²) in [6, 6.07) is 33.5. The van der Waals surface area contributed by atoms with E-state index in [1.165, 1.54) is 6.07 Å². The number of phenols is 1. The van der Waals surface area contributed by atoms with Crippen molar-refractivity contribution in [2.45, 2.75) is 25.0 Å². The van der Waals surface area contributed by atoms with Gasteiger partial charge in [0.05, 0.1) is 11.1 Å². The summed E-state index contributed by atoms with van der Waals surface area (Å²) in [5.41, 5.74) is 3.55. The molecule has 4 aliphatic rings. The maximum Gasteiger partial charge on any atom is 0.340 e. The van der Waals surface area contributed by atoms with E-state index in [1.54, 1.807) is 24.3 Å². The van der Waals surface area contributed by atoms with Gasteiger partial charge in [-0.15, -0.1) is 0 Å². The smallest absolute Gasteiger partial charge is 0.340 e. The predicted octanol–water partition coefficient (Wildman–Crippen LogP) is 8.53. The fourth-order valence-corrected chi connectivity index (χ4v) is 8.43. The molecule has 6 aromatic carbocycles. The first-order chi connectivity index (χ1) is 24.4. The molecule has 0 bridgehead atoms. The number of phenolic OH excluding ortho intramolecular Hbond substituents is 1. The number of anilines is 1. The van der Waals surface area contributed by atoms with Crippen LogP contribution in [-0.2, 0) is 20.7 Å². The van der Waals surface area contributed by atoms with Gasteiger partial charge in [0, 0.05) is 75.1 Å². The molecule has 1 N–H and O–H groups in total. The van der Waals surface area contributed by atoms with Crippen LogP contribution in [0.5, 0.6) is 28.7 Å². The van der Waals surface area contributed by atoms with E-state index in [-0.39, 0.29) is 5.75 Å². The minimum Gasteiger partial charge on any atom is -0.508 e. The van der Waals surface area contributed by atoms with Crippen molar-refractivity contribution in [2.24, 2.45) is 0 Å². The largest absolute Gasteiger partial charge is 0.508 e. The molecule has 0 fully saturated rings. The van der Waals surface area contributed by atoms with E-state index < -0.39 is 23.1 Å². The van der Waals surface area contributed by atoms with E-state index >= 15 is 0 Å². The van der Waals surface area contributed by atoms with Gasteiger partial charge in [-0.3, -0.25) is 0 Å². The number of rotatable bonds is 3. The lowest BCUT2D eigenvalue weighted by molar-refractivity contribution is 0.0213. The molecule has 8 nitrogen and oxygen atoms in total. The van der Waals surface area contributed by atoms with Gasteiger partial charge in [-0.25, -0.2) is 9.59 Å². The summed E-state index contributed by atoms with van der Waals surface area (Å²) < 4.78 is 26.3. The Morgan fingerprint density at radius 2 is 1.04 bits per heavy atom. The van der Waals surface area contributed by atoms with Crippen molar-refractivity contribution in [3.8, 4) is 28.7 Å². The number of hydrogen-bond acceptors (Lipinski definition) is 8. The molecule has 0 radical (unpaired) electrons. The highest BCUT2D eigenvalue weighted by Crippen LogP contribution is 2.61. The highest BCUT2D eigenvalue weighted by Gasteiger charge is 2.56. The van der Waals surface area contributed by atoms with Gasteiger partial charge in [0.1, 0.15) is 28.7 Å². The zero-order valence-electron chi connectivity index (χ0n) is 27.2. The summed E-state index contributed by atoms with van der Waals surface area (Å²) in [4.78, 5) is 29.2. The molecular formula is C42H29NO7. The first-order valence-electron chi connectivity index (χ1n) is 16.7. The van der Waals surface area contributed by atoms with Crippen molar-refractivity contribution in [1.82, 2.24) is 0 Å². The van der Waals surface area contributed by atoms with Crippen molar-refractivity contribution < 1.29 is 33.6 Å². The molecule has 0 saturated carbocycles. The summed E-state index contributed by atoms with van der Waals surface area (Å²) in [6.45, 7) is 5.84. The van der Waals surface area contributed by atoms with Gasteiger partial charge < -0.3 is 29.0 Å². The Bertz CT molecular complexity index is 2500. The molecule has 0 saturated heterocycles. The molecule has 50 heavy (non-hydrogen) atoms. The van der Waals surface area contributed by atoms with E-state index in [2.05, 4.69) is 24.8 Å². The number of ether oxygens (including phenoxy) is 4. The summed E-state index contributed by atoms with van der Waals surface area (Å²) in [6.07, 6.45) is 0. The third-order valence-electron chi connectivity index (χ3n) is 10.6. The van der Waals surface area contributed by atoms with Crippen LogP contribution in [0.3, 0.4) is 0 Å². The van der Waals surface area contributed by atoms with Crippen LogP contribution < -0.4 is 14.4 Å². The Morgan fingerprint density at radius 1 is 0.560 bits per heavy atom. The zero-order valence-corrected chi connectivity index (χ0v) is 27.2. The SMILES string of the molecule is CCN(CC)c1ccc2c(c1)Oc1c(ccc3c4c(ccc13)[C@@]1(OC(=O)c3ccccc31)c1ccc(O)cc1O4)[C@@]21OC(=O)c2ccccc21. The van der Waals surface area contributed by atoms with Gasteiger partial charge in [0.15, 0.2) is 11.2 Å². The van der Waals surface area contributed by atoms with Crippen molar-refractivity contribution in [1.29, 1.82) is 0 Å². The molecule has 10 rings (SSSR count). The summed E-state index contributed by atoms with van der Waals surface area (Å²) in [5, 5.41) is 12.0. The molecule has 0 aromatic heterocycles. The molecule has 4 aliphatic heterocycles. The third kappa shape index (κ3) is 3.44. The number of esters is 2. The van der Waals surface area contributed by atoms with Gasteiger partial charge in [0.2, 0.25) is 0 Å². The number of fused-ring (bicyclic) bond motifs is 15. The third-order valence-corrected chi connectivity index (χ3v) is 10.6. The van der Waals surface area contributed by atoms with Crippen LogP contribution in [0.15, 0.2) is 109 Å². The fourth-order valence-electron chi connectivity index (χ4n) is 8.43. The second-order valence-corrected chi connectivity index (χ2v) is 12.9. The second-order valence-electron chi connectivity index (χ2n) is 12.9. The summed E-state index contributed by atoms with van der Waals surface area (Å²) in [7, 11) is 0. The lowest BCUT2D eigenvalue weighted by atomic mass is 9.75. The van der Waals surface area contributed by atoms with Gasteiger partial charge in [-0.1, -0.05) is 36.4 Å². The van der Waals surface area contributed by atoms with Crippen molar-refractivity contribution in [3.63, 3.8) is 0 Å². The molecule has 2 atom stereocenters.